The van der Waals surface area contributed by atoms with Gasteiger partial charge in [0.1, 0.15) is 12.4 Å². The number of aliphatic carboxylic acids is 1. The Bertz CT molecular complexity index is 725. The molecular weight excluding hydrogens is 286 g/mol. The molecule has 1 atom stereocenters. The van der Waals surface area contributed by atoms with Gasteiger partial charge >= 0.3 is 5.97 Å². The molecule has 7 nitrogen and oxygen atoms in total. The highest BCUT2D eigenvalue weighted by atomic mass is 16.5. The maximum absolute atomic E-state index is 12.6. The third kappa shape index (κ3) is 2.41. The Morgan fingerprint density at radius 3 is 2.82 bits per heavy atom. The molecule has 1 aliphatic rings. The second kappa shape index (κ2) is 5.51. The normalized spacial score (nSPS) is 17.3. The number of hydrogen-bond donors (Lipinski definition) is 1. The van der Waals surface area contributed by atoms with Crippen LogP contribution in [0.2, 0.25) is 0 Å². The zero-order valence-corrected chi connectivity index (χ0v) is 12.0. The molecular formula is C15H15N3O4. The van der Waals surface area contributed by atoms with Gasteiger partial charge in [-0.05, 0) is 6.07 Å². The maximum Gasteiger partial charge on any atom is 0.331 e. The lowest BCUT2D eigenvalue weighted by Crippen LogP contribution is -2.39. The molecule has 114 valence electrons. The molecule has 1 amide bonds. The van der Waals surface area contributed by atoms with Crippen LogP contribution in [0.1, 0.15) is 22.0 Å². The third-order valence-electron chi connectivity index (χ3n) is 3.56. The van der Waals surface area contributed by atoms with Crippen LogP contribution < -0.4 is 4.74 Å². The smallest absolute Gasteiger partial charge is 0.331 e. The quantitative estimate of drug-likeness (QED) is 0.897. The highest BCUT2D eigenvalue weighted by Gasteiger charge is 2.35. The Morgan fingerprint density at radius 2 is 2.14 bits per heavy atom. The number of hydrogen-bond acceptors (Lipinski definition) is 4. The number of ether oxygens (including phenoxy) is 1. The fourth-order valence-corrected chi connectivity index (χ4v) is 2.57. The van der Waals surface area contributed by atoms with E-state index in [1.165, 1.54) is 15.8 Å². The summed E-state index contributed by atoms with van der Waals surface area (Å²) in [5.41, 5.74) is 0.831. The highest BCUT2D eigenvalue weighted by Crippen LogP contribution is 2.32. The molecule has 0 aliphatic carbocycles. The lowest BCUT2D eigenvalue weighted by molar-refractivity contribution is -0.142. The summed E-state index contributed by atoms with van der Waals surface area (Å²) in [6.07, 6.45) is 3.00. The second-order valence-electron chi connectivity index (χ2n) is 5.03. The van der Waals surface area contributed by atoms with Crippen molar-refractivity contribution in [3.63, 3.8) is 0 Å². The molecule has 1 unspecified atom stereocenters. The van der Waals surface area contributed by atoms with Crippen LogP contribution in [0.25, 0.3) is 0 Å². The largest absolute Gasteiger partial charge is 0.491 e. The average Bonchev–Trinajstić information content (AvgIpc) is 2.83. The number of carboxylic acids is 1. The SMILES string of the molecule is Cn1cc(C(=O)N2CCOc3ccccc3C2C(=O)O)cn1. The van der Waals surface area contributed by atoms with E-state index in [4.69, 9.17) is 4.74 Å². The van der Waals surface area contributed by atoms with E-state index in [-0.39, 0.29) is 19.1 Å². The molecule has 1 N–H and O–H groups in total. The number of aromatic nitrogens is 2. The summed E-state index contributed by atoms with van der Waals surface area (Å²) in [5.74, 6) is -0.965. The minimum absolute atomic E-state index is 0.194. The van der Waals surface area contributed by atoms with E-state index in [0.29, 0.717) is 16.9 Å². The Morgan fingerprint density at radius 1 is 1.36 bits per heavy atom. The van der Waals surface area contributed by atoms with E-state index in [0.717, 1.165) is 0 Å². The summed E-state index contributed by atoms with van der Waals surface area (Å²) in [4.78, 5) is 25.7. The molecule has 0 radical (unpaired) electrons. The maximum atomic E-state index is 12.6. The molecule has 1 aliphatic heterocycles. The topological polar surface area (TPSA) is 84.7 Å². The molecule has 1 aromatic heterocycles. The Hall–Kier alpha value is -2.83. The van der Waals surface area contributed by atoms with Crippen molar-refractivity contribution in [2.45, 2.75) is 6.04 Å². The van der Waals surface area contributed by atoms with Gasteiger partial charge in [-0.15, -0.1) is 0 Å². The fourth-order valence-electron chi connectivity index (χ4n) is 2.57. The van der Waals surface area contributed by atoms with Gasteiger partial charge in [-0.3, -0.25) is 9.48 Å². The number of nitrogens with zero attached hydrogens (tertiary/aromatic N) is 3. The molecule has 0 spiro atoms. The summed E-state index contributed by atoms with van der Waals surface area (Å²) in [7, 11) is 1.70. The number of amides is 1. The van der Waals surface area contributed by atoms with Gasteiger partial charge in [0.25, 0.3) is 5.91 Å². The second-order valence-corrected chi connectivity index (χ2v) is 5.03. The van der Waals surface area contributed by atoms with Crippen molar-refractivity contribution in [3.05, 3.63) is 47.8 Å². The van der Waals surface area contributed by atoms with Crippen molar-refractivity contribution < 1.29 is 19.4 Å². The van der Waals surface area contributed by atoms with Gasteiger partial charge in [0.15, 0.2) is 6.04 Å². The van der Waals surface area contributed by atoms with E-state index < -0.39 is 12.0 Å². The zero-order valence-electron chi connectivity index (χ0n) is 12.0. The predicted molar refractivity (Wildman–Crippen MR) is 76.6 cm³/mol. The van der Waals surface area contributed by atoms with Gasteiger partial charge in [0, 0.05) is 18.8 Å². The third-order valence-corrected chi connectivity index (χ3v) is 3.56. The van der Waals surface area contributed by atoms with Crippen LogP contribution in [0.3, 0.4) is 0 Å². The highest BCUT2D eigenvalue weighted by molar-refractivity contribution is 5.96. The van der Waals surface area contributed by atoms with E-state index >= 15 is 0 Å². The first-order valence-electron chi connectivity index (χ1n) is 6.82. The summed E-state index contributed by atoms with van der Waals surface area (Å²) in [6.45, 7) is 0.437. The van der Waals surface area contributed by atoms with Crippen LogP contribution in [0, 0.1) is 0 Å². The Balaban J connectivity index is 2.03. The molecule has 7 heteroatoms. The zero-order chi connectivity index (χ0) is 15.7. The molecule has 2 aromatic rings. The minimum Gasteiger partial charge on any atom is -0.491 e. The van der Waals surface area contributed by atoms with Crippen molar-refractivity contribution in [1.82, 2.24) is 14.7 Å². The lowest BCUT2D eigenvalue weighted by atomic mass is 10.0. The van der Waals surface area contributed by atoms with Crippen LogP contribution in [-0.4, -0.2) is 44.8 Å². The monoisotopic (exact) mass is 301 g/mol. The van der Waals surface area contributed by atoms with Crippen LogP contribution in [0.5, 0.6) is 5.75 Å². The number of carbonyl (C=O) groups is 2. The first-order valence-corrected chi connectivity index (χ1v) is 6.82. The molecule has 2 heterocycles. The van der Waals surface area contributed by atoms with Gasteiger partial charge in [-0.1, -0.05) is 18.2 Å². The summed E-state index contributed by atoms with van der Waals surface area (Å²) < 4.78 is 7.08. The first kappa shape index (κ1) is 14.1. The fraction of sp³-hybridized carbons (Fsp3) is 0.267. The molecule has 3 rings (SSSR count). The summed E-state index contributed by atoms with van der Waals surface area (Å²) in [5, 5.41) is 13.6. The van der Waals surface area contributed by atoms with Gasteiger partial charge in [0.2, 0.25) is 0 Å². The molecule has 0 fully saturated rings. The minimum atomic E-state index is -1.09. The van der Waals surface area contributed by atoms with E-state index in [1.54, 1.807) is 37.5 Å². The number of rotatable bonds is 2. The molecule has 0 saturated carbocycles. The van der Waals surface area contributed by atoms with Gasteiger partial charge in [-0.25, -0.2) is 4.79 Å². The van der Waals surface area contributed by atoms with Crippen LogP contribution in [0.4, 0.5) is 0 Å². The van der Waals surface area contributed by atoms with Gasteiger partial charge in [-0.2, -0.15) is 5.10 Å². The van der Waals surface area contributed by atoms with E-state index in [2.05, 4.69) is 5.10 Å². The van der Waals surface area contributed by atoms with Crippen molar-refractivity contribution >= 4 is 11.9 Å². The van der Waals surface area contributed by atoms with Crippen molar-refractivity contribution in [3.8, 4) is 5.75 Å². The lowest BCUT2D eigenvalue weighted by Gasteiger charge is -2.26. The summed E-state index contributed by atoms with van der Waals surface area (Å²) in [6, 6.07) is 5.81. The standard InChI is InChI=1S/C15H15N3O4/c1-17-9-10(8-16-17)14(19)18-6-7-22-12-5-3-2-4-11(12)13(18)15(20)21/h2-5,8-9,13H,6-7H2,1H3,(H,20,21). The van der Waals surface area contributed by atoms with Crippen LogP contribution in [0.15, 0.2) is 36.7 Å². The molecule has 0 saturated heterocycles. The Kier molecular flexibility index (Phi) is 3.54. The van der Waals surface area contributed by atoms with Crippen LogP contribution in [-0.2, 0) is 11.8 Å². The van der Waals surface area contributed by atoms with Crippen molar-refractivity contribution in [1.29, 1.82) is 0 Å². The van der Waals surface area contributed by atoms with Crippen molar-refractivity contribution in [2.75, 3.05) is 13.2 Å². The molecule has 22 heavy (non-hydrogen) atoms. The van der Waals surface area contributed by atoms with E-state index in [1.807, 2.05) is 0 Å². The number of carboxylic acid groups (broad SMARTS) is 1. The number of fused-ring (bicyclic) bond motifs is 1. The van der Waals surface area contributed by atoms with Gasteiger partial charge in [0.05, 0.1) is 18.3 Å². The first-order chi connectivity index (χ1) is 10.6. The molecule has 0 bridgehead atoms. The number of carbonyl (C=O) groups excluding carboxylic acids is 1. The van der Waals surface area contributed by atoms with Crippen LogP contribution >= 0.6 is 0 Å². The molecule has 1 aromatic carbocycles. The average molecular weight is 301 g/mol. The predicted octanol–water partition coefficient (Wildman–Crippen LogP) is 1.08. The Labute approximate surface area is 126 Å². The number of para-hydroxylation sites is 1. The van der Waals surface area contributed by atoms with Gasteiger partial charge < -0.3 is 14.7 Å². The van der Waals surface area contributed by atoms with E-state index in [9.17, 15) is 14.7 Å². The summed E-state index contributed by atoms with van der Waals surface area (Å²) >= 11 is 0. The number of aryl methyl sites for hydroxylation is 1. The number of benzene rings is 1. The van der Waals surface area contributed by atoms with Crippen molar-refractivity contribution in [2.24, 2.45) is 7.05 Å².